The highest BCUT2D eigenvalue weighted by Crippen LogP contribution is 2.16. The van der Waals surface area contributed by atoms with Crippen LogP contribution in [-0.2, 0) is 20.7 Å². The summed E-state index contributed by atoms with van der Waals surface area (Å²) >= 11 is 5.82. The monoisotopic (exact) mass is 388 g/mol. The normalized spacial score (nSPS) is 10.1. The Labute approximate surface area is 162 Å². The van der Waals surface area contributed by atoms with Crippen molar-refractivity contribution in [1.82, 2.24) is 5.32 Å². The van der Waals surface area contributed by atoms with Gasteiger partial charge in [-0.05, 0) is 43.2 Å². The van der Waals surface area contributed by atoms with Crippen LogP contribution in [0.3, 0.4) is 0 Å². The minimum absolute atomic E-state index is 0.233. The zero-order chi connectivity index (χ0) is 19.6. The first-order chi connectivity index (χ1) is 13.0. The highest BCUT2D eigenvalue weighted by atomic mass is 35.5. The lowest BCUT2D eigenvalue weighted by Gasteiger charge is -2.10. The number of hydrogen-bond acceptors (Lipinski definition) is 4. The molecule has 7 heteroatoms. The van der Waals surface area contributed by atoms with Crippen molar-refractivity contribution in [2.75, 3.05) is 18.5 Å². The Kier molecular flexibility index (Phi) is 7.82. The van der Waals surface area contributed by atoms with Crippen LogP contribution in [0.1, 0.15) is 29.3 Å². The smallest absolute Gasteiger partial charge is 0.340 e. The maximum Gasteiger partial charge on any atom is 0.340 e. The highest BCUT2D eigenvalue weighted by molar-refractivity contribution is 6.30. The van der Waals surface area contributed by atoms with Crippen molar-refractivity contribution in [3.8, 4) is 0 Å². The third kappa shape index (κ3) is 6.75. The number of rotatable bonds is 8. The molecule has 0 saturated carbocycles. The Morgan fingerprint density at radius 3 is 2.41 bits per heavy atom. The second kappa shape index (κ2) is 10.3. The van der Waals surface area contributed by atoms with Crippen molar-refractivity contribution >= 4 is 35.1 Å². The Bertz CT molecular complexity index is 806. The summed E-state index contributed by atoms with van der Waals surface area (Å²) in [5.74, 6) is -1.42. The number of carbonyl (C=O) groups is 3. The van der Waals surface area contributed by atoms with E-state index in [4.69, 9.17) is 16.3 Å². The molecule has 0 aliphatic heterocycles. The molecule has 142 valence electrons. The average Bonchev–Trinajstić information content (AvgIpc) is 2.64. The van der Waals surface area contributed by atoms with Gasteiger partial charge in [-0.15, -0.1) is 0 Å². The molecule has 0 bridgehead atoms. The second-order valence-corrected chi connectivity index (χ2v) is 6.15. The van der Waals surface area contributed by atoms with Gasteiger partial charge in [0.1, 0.15) is 6.42 Å². The largest absolute Gasteiger partial charge is 0.462 e. The molecule has 0 heterocycles. The number of hydrogen-bond donors (Lipinski definition) is 2. The number of carbonyl (C=O) groups excluding carboxylic acids is 3. The molecule has 0 radical (unpaired) electrons. The summed E-state index contributed by atoms with van der Waals surface area (Å²) in [5, 5.41) is 5.93. The van der Waals surface area contributed by atoms with Crippen molar-refractivity contribution < 1.29 is 19.1 Å². The summed E-state index contributed by atoms with van der Waals surface area (Å²) in [5.41, 5.74) is 1.60. The van der Waals surface area contributed by atoms with Gasteiger partial charge >= 0.3 is 5.97 Å². The molecule has 0 spiro atoms. The van der Waals surface area contributed by atoms with E-state index in [1.165, 1.54) is 0 Å². The lowest BCUT2D eigenvalue weighted by molar-refractivity contribution is -0.126. The van der Waals surface area contributed by atoms with E-state index in [1.807, 2.05) is 12.1 Å². The first-order valence-electron chi connectivity index (χ1n) is 8.56. The zero-order valence-electron chi connectivity index (χ0n) is 15.0. The van der Waals surface area contributed by atoms with Crippen molar-refractivity contribution in [2.45, 2.75) is 19.8 Å². The highest BCUT2D eigenvalue weighted by Gasteiger charge is 2.15. The summed E-state index contributed by atoms with van der Waals surface area (Å²) < 4.78 is 4.96. The second-order valence-electron chi connectivity index (χ2n) is 5.72. The van der Waals surface area contributed by atoms with Gasteiger partial charge in [0.2, 0.25) is 11.8 Å². The van der Waals surface area contributed by atoms with Crippen LogP contribution in [-0.4, -0.2) is 30.9 Å². The molecule has 2 amide bonds. The van der Waals surface area contributed by atoms with Gasteiger partial charge in [-0.25, -0.2) is 4.79 Å². The van der Waals surface area contributed by atoms with Crippen LogP contribution < -0.4 is 10.6 Å². The van der Waals surface area contributed by atoms with Crippen molar-refractivity contribution in [3.05, 3.63) is 64.7 Å². The predicted octanol–water partition coefficient (Wildman–Crippen LogP) is 3.20. The van der Waals surface area contributed by atoms with Crippen LogP contribution >= 0.6 is 11.6 Å². The van der Waals surface area contributed by atoms with Gasteiger partial charge in [0.25, 0.3) is 0 Å². The van der Waals surface area contributed by atoms with E-state index in [-0.39, 0.29) is 18.6 Å². The Morgan fingerprint density at radius 1 is 1.00 bits per heavy atom. The lowest BCUT2D eigenvalue weighted by Crippen LogP contribution is -2.30. The van der Waals surface area contributed by atoms with Crippen LogP contribution in [0.25, 0.3) is 0 Å². The first kappa shape index (κ1) is 20.5. The summed E-state index contributed by atoms with van der Waals surface area (Å²) in [6.07, 6.45) is 0.300. The number of nitrogens with one attached hydrogen (secondary N) is 2. The molecule has 2 aromatic carbocycles. The van der Waals surface area contributed by atoms with Gasteiger partial charge < -0.3 is 15.4 Å². The van der Waals surface area contributed by atoms with Gasteiger partial charge in [-0.1, -0.05) is 35.9 Å². The predicted molar refractivity (Wildman–Crippen MR) is 104 cm³/mol. The molecule has 0 aromatic heterocycles. The van der Waals surface area contributed by atoms with E-state index in [0.29, 0.717) is 23.7 Å². The molecule has 0 aliphatic carbocycles. The van der Waals surface area contributed by atoms with E-state index in [2.05, 4.69) is 10.6 Å². The molecule has 27 heavy (non-hydrogen) atoms. The number of para-hydroxylation sites is 1. The number of amides is 2. The number of ether oxygens (including phenoxy) is 1. The minimum Gasteiger partial charge on any atom is -0.462 e. The molecule has 0 atom stereocenters. The van der Waals surface area contributed by atoms with Gasteiger partial charge in [0.05, 0.1) is 17.9 Å². The number of anilines is 1. The van der Waals surface area contributed by atoms with Gasteiger partial charge in [0, 0.05) is 11.6 Å². The van der Waals surface area contributed by atoms with E-state index < -0.39 is 17.8 Å². The van der Waals surface area contributed by atoms with E-state index in [0.717, 1.165) is 5.56 Å². The number of esters is 1. The van der Waals surface area contributed by atoms with E-state index >= 15 is 0 Å². The van der Waals surface area contributed by atoms with Crippen molar-refractivity contribution in [3.63, 3.8) is 0 Å². The summed E-state index contributed by atoms with van der Waals surface area (Å²) in [4.78, 5) is 35.9. The molecule has 0 fully saturated rings. The molecule has 2 rings (SSSR count). The van der Waals surface area contributed by atoms with Gasteiger partial charge in [-0.2, -0.15) is 0 Å². The maximum atomic E-state index is 12.1. The van der Waals surface area contributed by atoms with Gasteiger partial charge in [0.15, 0.2) is 0 Å². The number of halogens is 1. The van der Waals surface area contributed by atoms with Crippen LogP contribution in [0.15, 0.2) is 48.5 Å². The van der Waals surface area contributed by atoms with Crippen LogP contribution in [0, 0.1) is 0 Å². The summed E-state index contributed by atoms with van der Waals surface area (Å²) in [7, 11) is 0. The standard InChI is InChI=1S/C20H21ClN2O4/c1-2-27-20(26)16-5-3-4-6-17(16)23-19(25)13-18(24)22-12-11-14-7-9-15(21)10-8-14/h3-10H,2,11-13H2,1H3,(H,22,24)(H,23,25). The molecule has 2 N–H and O–H groups in total. The minimum atomic E-state index is -0.527. The molecule has 0 aliphatic rings. The molecular formula is C20H21ClN2O4. The average molecular weight is 389 g/mol. The lowest BCUT2D eigenvalue weighted by atomic mass is 10.1. The molecule has 0 saturated heterocycles. The summed E-state index contributed by atoms with van der Waals surface area (Å²) in [6, 6.07) is 13.8. The zero-order valence-corrected chi connectivity index (χ0v) is 15.7. The van der Waals surface area contributed by atoms with Crippen molar-refractivity contribution in [2.24, 2.45) is 0 Å². The fraction of sp³-hybridized carbons (Fsp3) is 0.250. The first-order valence-corrected chi connectivity index (χ1v) is 8.94. The fourth-order valence-corrected chi connectivity index (χ4v) is 2.51. The number of benzene rings is 2. The Hall–Kier alpha value is -2.86. The fourth-order valence-electron chi connectivity index (χ4n) is 2.38. The molecule has 0 unspecified atom stereocenters. The molecular weight excluding hydrogens is 368 g/mol. The third-order valence-corrected chi connectivity index (χ3v) is 3.92. The van der Waals surface area contributed by atoms with Gasteiger partial charge in [-0.3, -0.25) is 9.59 Å². The van der Waals surface area contributed by atoms with E-state index in [9.17, 15) is 14.4 Å². The Balaban J connectivity index is 1.82. The maximum absolute atomic E-state index is 12.1. The van der Waals surface area contributed by atoms with E-state index in [1.54, 1.807) is 43.3 Å². The third-order valence-electron chi connectivity index (χ3n) is 3.67. The Morgan fingerprint density at radius 2 is 1.70 bits per heavy atom. The molecule has 2 aromatic rings. The topological polar surface area (TPSA) is 84.5 Å². The molecule has 6 nitrogen and oxygen atoms in total. The van der Waals surface area contributed by atoms with Crippen LogP contribution in [0.5, 0.6) is 0 Å². The quantitative estimate of drug-likeness (QED) is 0.537. The summed E-state index contributed by atoms with van der Waals surface area (Å²) in [6.45, 7) is 2.35. The van der Waals surface area contributed by atoms with Crippen LogP contribution in [0.2, 0.25) is 5.02 Å². The van der Waals surface area contributed by atoms with Crippen molar-refractivity contribution in [1.29, 1.82) is 0 Å². The van der Waals surface area contributed by atoms with Crippen LogP contribution in [0.4, 0.5) is 5.69 Å². The SMILES string of the molecule is CCOC(=O)c1ccccc1NC(=O)CC(=O)NCCc1ccc(Cl)cc1.